The van der Waals surface area contributed by atoms with E-state index in [9.17, 15) is 0 Å². The number of nitrogens with zero attached hydrogens (tertiary/aromatic N) is 2. The molecule has 1 heterocycles. The van der Waals surface area contributed by atoms with Gasteiger partial charge in [0.2, 0.25) is 0 Å². The molecule has 72 valence electrons. The third-order valence-corrected chi connectivity index (χ3v) is 3.42. The summed E-state index contributed by atoms with van der Waals surface area (Å²) in [5.74, 6) is 0.653. The van der Waals surface area contributed by atoms with Gasteiger partial charge in [0.1, 0.15) is 0 Å². The van der Waals surface area contributed by atoms with Gasteiger partial charge in [-0.25, -0.2) is 4.98 Å². The predicted molar refractivity (Wildman–Crippen MR) is 53.2 cm³/mol. The zero-order chi connectivity index (χ0) is 9.31. The molecule has 1 fully saturated rings. The van der Waals surface area contributed by atoms with E-state index in [1.165, 1.54) is 25.7 Å². The lowest BCUT2D eigenvalue weighted by molar-refractivity contribution is 0.101. The quantitative estimate of drug-likeness (QED) is 0.771. The zero-order valence-corrected chi connectivity index (χ0v) is 8.16. The maximum absolute atomic E-state index is 5.73. The summed E-state index contributed by atoms with van der Waals surface area (Å²) in [4.78, 5) is 4.03. The number of imidazole rings is 1. The fraction of sp³-hybridized carbons (Fsp3) is 0.700. The molecule has 0 radical (unpaired) electrons. The Labute approximate surface area is 79.0 Å². The molecule has 0 amide bonds. The number of anilines is 1. The first-order valence-electron chi connectivity index (χ1n) is 5.02. The van der Waals surface area contributed by atoms with Crippen LogP contribution in [0.5, 0.6) is 0 Å². The van der Waals surface area contributed by atoms with Crippen LogP contribution in [0, 0.1) is 5.41 Å². The van der Waals surface area contributed by atoms with Crippen LogP contribution in [0.1, 0.15) is 32.6 Å². The molecule has 0 unspecified atom stereocenters. The first-order valence-corrected chi connectivity index (χ1v) is 5.02. The van der Waals surface area contributed by atoms with Crippen LogP contribution in [-0.4, -0.2) is 9.55 Å². The molecule has 1 aromatic heterocycles. The van der Waals surface area contributed by atoms with Crippen molar-refractivity contribution >= 4 is 5.95 Å². The minimum atomic E-state index is 0.523. The van der Waals surface area contributed by atoms with Crippen LogP contribution in [0.3, 0.4) is 0 Å². The van der Waals surface area contributed by atoms with Crippen molar-refractivity contribution in [2.45, 2.75) is 39.2 Å². The summed E-state index contributed by atoms with van der Waals surface area (Å²) in [5, 5.41) is 0. The van der Waals surface area contributed by atoms with Crippen LogP contribution in [0.2, 0.25) is 0 Å². The van der Waals surface area contributed by atoms with Crippen molar-refractivity contribution in [1.29, 1.82) is 0 Å². The Balaban J connectivity index is 2.08. The smallest absolute Gasteiger partial charge is 0.200 e. The molecule has 0 atom stereocenters. The van der Waals surface area contributed by atoms with Crippen LogP contribution in [0.25, 0.3) is 0 Å². The Morgan fingerprint density at radius 1 is 1.62 bits per heavy atom. The maximum atomic E-state index is 5.73. The molecule has 3 heteroatoms. The van der Waals surface area contributed by atoms with Gasteiger partial charge in [-0.2, -0.15) is 0 Å². The van der Waals surface area contributed by atoms with Gasteiger partial charge >= 0.3 is 0 Å². The molecular weight excluding hydrogens is 162 g/mol. The van der Waals surface area contributed by atoms with E-state index in [1.54, 1.807) is 6.20 Å². The van der Waals surface area contributed by atoms with Gasteiger partial charge in [0, 0.05) is 18.9 Å². The SMILES string of the molecule is CCC1(Cn2ccnc2N)CCC1. The summed E-state index contributed by atoms with van der Waals surface area (Å²) in [7, 11) is 0. The molecule has 0 aliphatic heterocycles. The summed E-state index contributed by atoms with van der Waals surface area (Å²) in [5.41, 5.74) is 6.26. The minimum Gasteiger partial charge on any atom is -0.369 e. The molecule has 0 spiro atoms. The second kappa shape index (κ2) is 3.05. The molecule has 13 heavy (non-hydrogen) atoms. The Kier molecular flexibility index (Phi) is 2.02. The molecule has 1 aromatic rings. The molecule has 0 bridgehead atoms. The van der Waals surface area contributed by atoms with E-state index < -0.39 is 0 Å². The van der Waals surface area contributed by atoms with Crippen molar-refractivity contribution in [2.24, 2.45) is 5.41 Å². The van der Waals surface area contributed by atoms with E-state index in [0.29, 0.717) is 11.4 Å². The largest absolute Gasteiger partial charge is 0.369 e. The fourth-order valence-electron chi connectivity index (χ4n) is 2.14. The fourth-order valence-corrected chi connectivity index (χ4v) is 2.14. The minimum absolute atomic E-state index is 0.523. The lowest BCUT2D eigenvalue weighted by Crippen LogP contribution is -2.33. The Hall–Kier alpha value is -0.990. The van der Waals surface area contributed by atoms with Gasteiger partial charge < -0.3 is 10.3 Å². The number of nitrogen functional groups attached to an aromatic ring is 1. The second-order valence-corrected chi connectivity index (χ2v) is 4.12. The van der Waals surface area contributed by atoms with Crippen LogP contribution >= 0.6 is 0 Å². The summed E-state index contributed by atoms with van der Waals surface area (Å²) in [6.45, 7) is 3.32. The van der Waals surface area contributed by atoms with Gasteiger partial charge in [-0.3, -0.25) is 0 Å². The highest BCUT2D eigenvalue weighted by Crippen LogP contribution is 2.45. The molecule has 1 aliphatic rings. The van der Waals surface area contributed by atoms with Crippen LogP contribution in [0.4, 0.5) is 5.95 Å². The maximum Gasteiger partial charge on any atom is 0.200 e. The first-order chi connectivity index (χ1) is 6.26. The molecular formula is C10H17N3. The van der Waals surface area contributed by atoms with E-state index in [1.807, 2.05) is 6.20 Å². The van der Waals surface area contributed by atoms with Crippen LogP contribution < -0.4 is 5.73 Å². The molecule has 0 saturated heterocycles. The molecule has 2 N–H and O–H groups in total. The number of hydrogen-bond donors (Lipinski definition) is 1. The average molecular weight is 179 g/mol. The first kappa shape index (κ1) is 8.60. The lowest BCUT2D eigenvalue weighted by Gasteiger charge is -2.41. The van der Waals surface area contributed by atoms with Crippen molar-refractivity contribution in [2.75, 3.05) is 5.73 Å². The third kappa shape index (κ3) is 1.43. The van der Waals surface area contributed by atoms with Crippen molar-refractivity contribution in [3.63, 3.8) is 0 Å². The van der Waals surface area contributed by atoms with E-state index in [4.69, 9.17) is 5.73 Å². The Bertz CT molecular complexity index is 281. The highest BCUT2D eigenvalue weighted by atomic mass is 15.1. The van der Waals surface area contributed by atoms with E-state index in [0.717, 1.165) is 6.54 Å². The molecule has 2 rings (SSSR count). The molecule has 3 nitrogen and oxygen atoms in total. The van der Waals surface area contributed by atoms with Crippen molar-refractivity contribution in [3.05, 3.63) is 12.4 Å². The van der Waals surface area contributed by atoms with Gasteiger partial charge in [-0.05, 0) is 24.7 Å². The van der Waals surface area contributed by atoms with E-state index in [-0.39, 0.29) is 0 Å². The van der Waals surface area contributed by atoms with Crippen molar-refractivity contribution in [1.82, 2.24) is 9.55 Å². The molecule has 1 saturated carbocycles. The number of rotatable bonds is 3. The molecule has 0 aromatic carbocycles. The van der Waals surface area contributed by atoms with E-state index in [2.05, 4.69) is 16.5 Å². The van der Waals surface area contributed by atoms with Gasteiger partial charge in [-0.15, -0.1) is 0 Å². The zero-order valence-electron chi connectivity index (χ0n) is 8.16. The highest BCUT2D eigenvalue weighted by Gasteiger charge is 2.35. The van der Waals surface area contributed by atoms with E-state index >= 15 is 0 Å². The summed E-state index contributed by atoms with van der Waals surface area (Å²) in [6.07, 6.45) is 9.08. The predicted octanol–water partition coefficient (Wildman–Crippen LogP) is 2.05. The monoisotopic (exact) mass is 179 g/mol. The van der Waals surface area contributed by atoms with Crippen molar-refractivity contribution in [3.8, 4) is 0 Å². The van der Waals surface area contributed by atoms with Gasteiger partial charge in [-0.1, -0.05) is 13.3 Å². The topological polar surface area (TPSA) is 43.8 Å². The Morgan fingerprint density at radius 3 is 2.77 bits per heavy atom. The lowest BCUT2D eigenvalue weighted by atomic mass is 9.67. The number of aromatic nitrogens is 2. The molecule has 1 aliphatic carbocycles. The highest BCUT2D eigenvalue weighted by molar-refractivity contribution is 5.17. The summed E-state index contributed by atoms with van der Waals surface area (Å²) < 4.78 is 2.07. The van der Waals surface area contributed by atoms with Gasteiger partial charge in [0.05, 0.1) is 0 Å². The normalized spacial score (nSPS) is 19.8. The summed E-state index contributed by atoms with van der Waals surface area (Å²) >= 11 is 0. The standard InChI is InChI=1S/C10H17N3/c1-2-10(4-3-5-10)8-13-7-6-12-9(13)11/h6-7H,2-5,8H2,1H3,(H2,11,12). The number of hydrogen-bond acceptors (Lipinski definition) is 2. The Morgan fingerprint density at radius 2 is 2.38 bits per heavy atom. The van der Waals surface area contributed by atoms with Crippen LogP contribution in [0.15, 0.2) is 12.4 Å². The average Bonchev–Trinajstić information content (AvgIpc) is 2.44. The van der Waals surface area contributed by atoms with Crippen molar-refractivity contribution < 1.29 is 0 Å². The van der Waals surface area contributed by atoms with Gasteiger partial charge in [0.15, 0.2) is 5.95 Å². The van der Waals surface area contributed by atoms with Crippen LogP contribution in [-0.2, 0) is 6.54 Å². The van der Waals surface area contributed by atoms with Gasteiger partial charge in [0.25, 0.3) is 0 Å². The second-order valence-electron chi connectivity index (χ2n) is 4.12. The third-order valence-electron chi connectivity index (χ3n) is 3.42. The summed E-state index contributed by atoms with van der Waals surface area (Å²) in [6, 6.07) is 0. The number of nitrogens with two attached hydrogens (primary N) is 1.